The molecule has 0 heterocycles. The highest BCUT2D eigenvalue weighted by molar-refractivity contribution is 5.26. The minimum Gasteiger partial charge on any atom is -0.395 e. The molecule has 0 aliphatic heterocycles. The van der Waals surface area contributed by atoms with Gasteiger partial charge in [-0.2, -0.15) is 0 Å². The van der Waals surface area contributed by atoms with Crippen LogP contribution < -0.4 is 5.32 Å². The number of rotatable bonds is 9. The lowest BCUT2D eigenvalue weighted by atomic mass is 9.81. The number of nitrogens with one attached hydrogen (secondary N) is 1. The van der Waals surface area contributed by atoms with Crippen molar-refractivity contribution in [3.63, 3.8) is 0 Å². The minimum absolute atomic E-state index is 0.0727. The maximum atomic E-state index is 9.34. The van der Waals surface area contributed by atoms with Gasteiger partial charge >= 0.3 is 0 Å². The first kappa shape index (κ1) is 16.5. The van der Waals surface area contributed by atoms with Crippen molar-refractivity contribution in [3.05, 3.63) is 35.9 Å². The molecule has 1 aliphatic carbocycles. The van der Waals surface area contributed by atoms with Crippen molar-refractivity contribution in [1.29, 1.82) is 0 Å². The van der Waals surface area contributed by atoms with Crippen LogP contribution in [0.2, 0.25) is 0 Å². The van der Waals surface area contributed by atoms with Gasteiger partial charge in [0.1, 0.15) is 0 Å². The molecule has 0 aromatic heterocycles. The summed E-state index contributed by atoms with van der Waals surface area (Å²) in [7, 11) is 0. The predicted molar refractivity (Wildman–Crippen MR) is 88.6 cm³/mol. The van der Waals surface area contributed by atoms with Gasteiger partial charge in [0.15, 0.2) is 0 Å². The molecule has 0 amide bonds. The minimum atomic E-state index is 0.0727. The Balaban J connectivity index is 2.14. The van der Waals surface area contributed by atoms with Crippen molar-refractivity contribution in [1.82, 2.24) is 10.2 Å². The van der Waals surface area contributed by atoms with Crippen LogP contribution in [0.5, 0.6) is 0 Å². The topological polar surface area (TPSA) is 35.5 Å². The van der Waals surface area contributed by atoms with Gasteiger partial charge in [0.2, 0.25) is 0 Å². The van der Waals surface area contributed by atoms with Crippen LogP contribution in [0.25, 0.3) is 0 Å². The monoisotopic (exact) mass is 290 g/mol. The largest absolute Gasteiger partial charge is 0.395 e. The van der Waals surface area contributed by atoms with Crippen LogP contribution in [0.15, 0.2) is 30.3 Å². The van der Waals surface area contributed by atoms with Gasteiger partial charge < -0.3 is 10.4 Å². The van der Waals surface area contributed by atoms with E-state index in [4.69, 9.17) is 0 Å². The summed E-state index contributed by atoms with van der Waals surface area (Å²) in [6.45, 7) is 9.72. The molecule has 2 N–H and O–H groups in total. The molecule has 1 aliphatic rings. The maximum absolute atomic E-state index is 9.34. The molecule has 3 heteroatoms. The van der Waals surface area contributed by atoms with Crippen molar-refractivity contribution in [2.75, 3.05) is 26.2 Å². The van der Waals surface area contributed by atoms with Gasteiger partial charge in [-0.3, -0.25) is 4.90 Å². The number of nitrogens with zero attached hydrogens (tertiary/aromatic N) is 1. The molecule has 118 valence electrons. The summed E-state index contributed by atoms with van der Waals surface area (Å²) in [6, 6.07) is 11.9. The summed E-state index contributed by atoms with van der Waals surface area (Å²) in [5, 5.41) is 12.9. The molecule has 0 radical (unpaired) electrons. The molecule has 3 nitrogen and oxygen atoms in total. The molecule has 1 atom stereocenters. The Morgan fingerprint density at radius 1 is 1.29 bits per heavy atom. The highest BCUT2D eigenvalue weighted by atomic mass is 16.3. The van der Waals surface area contributed by atoms with Crippen LogP contribution in [0.3, 0.4) is 0 Å². The standard InChI is InChI=1S/C18H30N2O/c1-15(2)19-13-18(3,16-7-5-4-6-8-16)14-20(11-12-21)17-9-10-17/h4-8,15,17,19,21H,9-14H2,1-3H3. The van der Waals surface area contributed by atoms with Crippen molar-refractivity contribution in [2.24, 2.45) is 0 Å². The van der Waals surface area contributed by atoms with Gasteiger partial charge in [0.05, 0.1) is 6.61 Å². The Bertz CT molecular complexity index is 416. The van der Waals surface area contributed by atoms with E-state index in [2.05, 4.69) is 61.3 Å². The summed E-state index contributed by atoms with van der Waals surface area (Å²) >= 11 is 0. The fourth-order valence-electron chi connectivity index (χ4n) is 2.93. The molecular weight excluding hydrogens is 260 g/mol. The first-order chi connectivity index (χ1) is 10.0. The summed E-state index contributed by atoms with van der Waals surface area (Å²) in [6.07, 6.45) is 2.56. The maximum Gasteiger partial charge on any atom is 0.0558 e. The smallest absolute Gasteiger partial charge is 0.0558 e. The van der Waals surface area contributed by atoms with E-state index in [0.717, 1.165) is 19.6 Å². The first-order valence-electron chi connectivity index (χ1n) is 8.19. The number of aliphatic hydroxyl groups excluding tert-OH is 1. The van der Waals surface area contributed by atoms with E-state index in [0.29, 0.717) is 12.1 Å². The quantitative estimate of drug-likeness (QED) is 0.733. The SMILES string of the molecule is CC(C)NCC(C)(CN(CCO)C1CC1)c1ccccc1. The van der Waals surface area contributed by atoms with E-state index >= 15 is 0 Å². The summed E-state index contributed by atoms with van der Waals surface area (Å²) in [5.41, 5.74) is 1.45. The van der Waals surface area contributed by atoms with Gasteiger partial charge in [0.25, 0.3) is 0 Å². The third kappa shape index (κ3) is 4.80. The summed E-state index contributed by atoms with van der Waals surface area (Å²) in [5.74, 6) is 0. The highest BCUT2D eigenvalue weighted by Gasteiger charge is 2.35. The Hall–Kier alpha value is -0.900. The molecule has 1 saturated carbocycles. The van der Waals surface area contributed by atoms with E-state index in [1.54, 1.807) is 0 Å². The Morgan fingerprint density at radius 3 is 2.48 bits per heavy atom. The van der Waals surface area contributed by atoms with E-state index in [9.17, 15) is 5.11 Å². The zero-order valence-electron chi connectivity index (χ0n) is 13.7. The lowest BCUT2D eigenvalue weighted by molar-refractivity contribution is 0.157. The van der Waals surface area contributed by atoms with E-state index < -0.39 is 0 Å². The lowest BCUT2D eigenvalue weighted by Gasteiger charge is -2.37. The van der Waals surface area contributed by atoms with Crippen LogP contribution in [0.1, 0.15) is 39.2 Å². The average molecular weight is 290 g/mol. The average Bonchev–Trinajstić information content (AvgIpc) is 3.30. The van der Waals surface area contributed by atoms with Crippen molar-refractivity contribution in [2.45, 2.75) is 51.1 Å². The zero-order chi connectivity index (χ0) is 15.3. The fourth-order valence-corrected chi connectivity index (χ4v) is 2.93. The molecule has 0 saturated heterocycles. The van der Waals surface area contributed by atoms with Crippen LogP contribution in [-0.4, -0.2) is 48.3 Å². The van der Waals surface area contributed by atoms with Crippen LogP contribution in [-0.2, 0) is 5.41 Å². The molecule has 1 aromatic rings. The lowest BCUT2D eigenvalue weighted by Crippen LogP contribution is -2.48. The molecular formula is C18H30N2O. The second-order valence-electron chi connectivity index (χ2n) is 6.89. The summed E-state index contributed by atoms with van der Waals surface area (Å²) < 4.78 is 0. The van der Waals surface area contributed by atoms with E-state index in [-0.39, 0.29) is 12.0 Å². The third-order valence-corrected chi connectivity index (χ3v) is 4.37. The number of benzene rings is 1. The number of aliphatic hydroxyl groups is 1. The molecule has 21 heavy (non-hydrogen) atoms. The Morgan fingerprint density at radius 2 is 1.95 bits per heavy atom. The molecule has 1 unspecified atom stereocenters. The third-order valence-electron chi connectivity index (χ3n) is 4.37. The Kier molecular flexibility index (Phi) is 5.80. The second-order valence-corrected chi connectivity index (χ2v) is 6.89. The number of hydrogen-bond acceptors (Lipinski definition) is 3. The molecule has 0 spiro atoms. The summed E-state index contributed by atoms with van der Waals surface area (Å²) in [4.78, 5) is 2.47. The normalized spacial score (nSPS) is 18.2. The van der Waals surface area contributed by atoms with Crippen LogP contribution in [0.4, 0.5) is 0 Å². The molecule has 1 aromatic carbocycles. The van der Waals surface area contributed by atoms with Gasteiger partial charge in [-0.15, -0.1) is 0 Å². The van der Waals surface area contributed by atoms with Crippen LogP contribution in [0, 0.1) is 0 Å². The van der Waals surface area contributed by atoms with Crippen molar-refractivity contribution >= 4 is 0 Å². The molecule has 1 fully saturated rings. The zero-order valence-corrected chi connectivity index (χ0v) is 13.7. The molecule has 0 bridgehead atoms. The fraction of sp³-hybridized carbons (Fsp3) is 0.667. The van der Waals surface area contributed by atoms with Crippen molar-refractivity contribution < 1.29 is 5.11 Å². The van der Waals surface area contributed by atoms with Crippen molar-refractivity contribution in [3.8, 4) is 0 Å². The second kappa shape index (κ2) is 7.39. The van der Waals surface area contributed by atoms with Gasteiger partial charge in [-0.05, 0) is 18.4 Å². The Labute approximate surface area is 129 Å². The van der Waals surface area contributed by atoms with Gasteiger partial charge in [-0.25, -0.2) is 0 Å². The van der Waals surface area contributed by atoms with Gasteiger partial charge in [0, 0.05) is 37.1 Å². The van der Waals surface area contributed by atoms with E-state index in [1.807, 2.05) is 0 Å². The van der Waals surface area contributed by atoms with Gasteiger partial charge in [-0.1, -0.05) is 51.1 Å². The first-order valence-corrected chi connectivity index (χ1v) is 8.19. The highest BCUT2D eigenvalue weighted by Crippen LogP contribution is 2.32. The van der Waals surface area contributed by atoms with E-state index in [1.165, 1.54) is 18.4 Å². The van der Waals surface area contributed by atoms with Crippen LogP contribution >= 0.6 is 0 Å². The molecule has 2 rings (SSSR count). The predicted octanol–water partition coefficient (Wildman–Crippen LogP) is 2.40. The number of hydrogen-bond donors (Lipinski definition) is 2.